The maximum atomic E-state index is 12.3. The SMILES string of the molecule is CC(C)[Si](OCCOCCOCCOCCOCCOCCOCCOCCOP(=O)([O-])OCCc1ccc(C#Cc2ccc(CO[C@@H](C)CC[C@H](C)OCc3ccc(C#Cc4ccc(CCOP(=O)([O-])OCCOCCOCCOCCOCCOCCOCCOCCO[Si](C(C)C)(C(C)C)C(C)C)cc4)cc3)cc2)cc1)(C(C)C)C(C)C. The topological polar surface area (TPSA) is 283 Å². The van der Waals surface area contributed by atoms with Crippen molar-refractivity contribution in [1.82, 2.24) is 0 Å². The Hall–Kier alpha value is -4.07. The van der Waals surface area contributed by atoms with E-state index in [1.54, 1.807) is 0 Å². The van der Waals surface area contributed by atoms with Gasteiger partial charge in [0.15, 0.2) is 16.6 Å². The zero-order valence-corrected chi connectivity index (χ0v) is 78.4. The fraction of sp³-hybridized carbons (Fsp3) is 0.689. The quantitative estimate of drug-likeness (QED) is 0.0172. The second-order valence-corrected chi connectivity index (χ2v) is 44.5. The number of ether oxygens (including phenoxy) is 16. The van der Waals surface area contributed by atoms with Gasteiger partial charge in [-0.05, 0) is 144 Å². The van der Waals surface area contributed by atoms with E-state index >= 15 is 0 Å². The van der Waals surface area contributed by atoms with Crippen molar-refractivity contribution >= 4 is 32.3 Å². The van der Waals surface area contributed by atoms with Crippen LogP contribution in [0.2, 0.25) is 33.2 Å². The Bertz CT molecular complexity index is 3140. The van der Waals surface area contributed by atoms with Crippen LogP contribution in [0.4, 0.5) is 0 Å². The molecule has 0 bridgehead atoms. The van der Waals surface area contributed by atoms with E-state index in [1.165, 1.54) is 0 Å². The van der Waals surface area contributed by atoms with E-state index in [-0.39, 0.29) is 65.1 Å². The predicted molar refractivity (Wildman–Crippen MR) is 467 cm³/mol. The number of hydrogen-bond acceptors (Lipinski definition) is 26. The van der Waals surface area contributed by atoms with Crippen LogP contribution in [0.15, 0.2) is 97.1 Å². The molecule has 30 heteroatoms. The van der Waals surface area contributed by atoms with E-state index in [0.29, 0.717) is 231 Å². The Kier molecular flexibility index (Phi) is 59.9. The third-order valence-electron chi connectivity index (χ3n) is 19.8. The number of phosphoric acid groups is 2. The summed E-state index contributed by atoms with van der Waals surface area (Å²) in [5, 5.41) is 0. The first kappa shape index (κ1) is 108. The van der Waals surface area contributed by atoms with Crippen molar-refractivity contribution in [3.63, 3.8) is 0 Å². The summed E-state index contributed by atoms with van der Waals surface area (Å²) in [5.41, 5.74) is 10.6. The maximum Gasteiger partial charge on any atom is 0.267 e. The van der Waals surface area contributed by atoms with Gasteiger partial charge in [-0.15, -0.1) is 0 Å². The first-order chi connectivity index (χ1) is 57.9. The molecular formula is C90H146O26P2Si2-2. The van der Waals surface area contributed by atoms with Crippen LogP contribution in [0.5, 0.6) is 0 Å². The fourth-order valence-electron chi connectivity index (χ4n) is 13.7. The Morgan fingerprint density at radius 1 is 0.250 bits per heavy atom. The molecule has 0 amide bonds. The number of benzene rings is 4. The average Bonchev–Trinajstić information content (AvgIpc) is 0.811. The summed E-state index contributed by atoms with van der Waals surface area (Å²) in [6.07, 6.45) is 2.51. The highest BCUT2D eigenvalue weighted by molar-refractivity contribution is 7.46. The van der Waals surface area contributed by atoms with Gasteiger partial charge in [0.05, 0.1) is 250 Å². The monoisotopic (exact) mass is 1760 g/mol. The number of hydrogen-bond donors (Lipinski definition) is 0. The van der Waals surface area contributed by atoms with Crippen molar-refractivity contribution in [1.29, 1.82) is 0 Å². The third kappa shape index (κ3) is 49.7. The molecule has 0 saturated carbocycles. The van der Waals surface area contributed by atoms with E-state index in [2.05, 4.69) is 121 Å². The highest BCUT2D eigenvalue weighted by atomic mass is 31.2. The largest absolute Gasteiger partial charge is 0.756 e. The molecule has 0 aromatic heterocycles. The van der Waals surface area contributed by atoms with Gasteiger partial charge in [0, 0.05) is 22.3 Å². The van der Waals surface area contributed by atoms with Gasteiger partial charge in [0.1, 0.15) is 0 Å². The molecule has 2 unspecified atom stereocenters. The second-order valence-electron chi connectivity index (χ2n) is 30.7. The Morgan fingerprint density at radius 2 is 0.425 bits per heavy atom. The third-order valence-corrected chi connectivity index (χ3v) is 34.1. The number of rotatable bonds is 75. The second kappa shape index (κ2) is 66.4. The van der Waals surface area contributed by atoms with Crippen LogP contribution in [0.1, 0.15) is 154 Å². The normalized spacial score (nSPS) is 13.7. The molecule has 0 N–H and O–H groups in total. The molecule has 4 aromatic carbocycles. The van der Waals surface area contributed by atoms with E-state index < -0.39 is 32.3 Å². The van der Waals surface area contributed by atoms with Gasteiger partial charge in [0.25, 0.3) is 15.6 Å². The van der Waals surface area contributed by atoms with Crippen LogP contribution in [-0.2, 0) is 138 Å². The van der Waals surface area contributed by atoms with Gasteiger partial charge in [-0.1, -0.05) is 155 Å². The van der Waals surface area contributed by atoms with Crippen molar-refractivity contribution in [2.45, 2.75) is 181 Å². The van der Waals surface area contributed by atoms with E-state index in [9.17, 15) is 18.9 Å². The predicted octanol–water partition coefficient (Wildman–Crippen LogP) is 14.5. The lowest BCUT2D eigenvalue weighted by atomic mass is 10.1. The maximum absolute atomic E-state index is 12.3. The van der Waals surface area contributed by atoms with Gasteiger partial charge in [-0.2, -0.15) is 0 Å². The van der Waals surface area contributed by atoms with Gasteiger partial charge < -0.3 is 113 Å². The minimum absolute atomic E-state index is 0.0384. The summed E-state index contributed by atoms with van der Waals surface area (Å²) < 4.78 is 148. The summed E-state index contributed by atoms with van der Waals surface area (Å²) in [6, 6.07) is 31.2. The van der Waals surface area contributed by atoms with Crippen LogP contribution in [0, 0.1) is 23.7 Å². The van der Waals surface area contributed by atoms with Crippen molar-refractivity contribution < 1.29 is 122 Å². The molecule has 4 rings (SSSR count). The van der Waals surface area contributed by atoms with Gasteiger partial charge in [-0.3, -0.25) is 9.13 Å². The molecule has 0 heterocycles. The van der Waals surface area contributed by atoms with E-state index in [0.717, 1.165) is 57.3 Å². The summed E-state index contributed by atoms with van der Waals surface area (Å²) in [5.74, 6) is 12.8. The molecule has 0 aliphatic heterocycles. The van der Waals surface area contributed by atoms with E-state index in [4.69, 9.17) is 103 Å². The van der Waals surface area contributed by atoms with Crippen LogP contribution >= 0.6 is 15.6 Å². The number of phosphoric ester groups is 2. The molecule has 4 aromatic rings. The van der Waals surface area contributed by atoms with Crippen molar-refractivity contribution in [3.05, 3.63) is 142 Å². The first-order valence-corrected chi connectivity index (χ1v) is 50.3. The molecule has 0 spiro atoms. The molecule has 26 nitrogen and oxygen atoms in total. The highest BCUT2D eigenvalue weighted by Gasteiger charge is 2.46. The lowest BCUT2D eigenvalue weighted by Gasteiger charge is -2.42. The van der Waals surface area contributed by atoms with Crippen LogP contribution in [0.3, 0.4) is 0 Å². The standard InChI is InChI=1S/C90H148O26P2Si2/c1-75(2)119(76(3)4,77(5)6)115-71-67-107-63-59-103-55-51-99-47-43-95-41-45-97-49-53-101-57-61-105-65-69-113-117(91,92)111-39-37-87-25-21-83(22-26-87)17-19-85-29-33-89(34-30-85)73-109-81(13)15-16-82(14)110-74-90-35-31-86(32-36-90)20-18-84-23-27-88(28-24-84)38-40-112-118(93,94)114-70-66-106-62-58-102-54-50-98-46-42-96-44-48-100-52-56-104-60-64-108-68-72-116-120(78(7)8,79(9)10)80(11)12/h21-36,75-82H,15-16,37-74H2,1-14H3,(H,91,92)(H,93,94)/p-2/t81-,82-/m0/s1. The van der Waals surface area contributed by atoms with Crippen LogP contribution in [-0.4, -0.2) is 253 Å². The van der Waals surface area contributed by atoms with Gasteiger partial charge in [-0.25, -0.2) is 0 Å². The molecule has 0 aliphatic rings. The average molecular weight is 1760 g/mol. The summed E-state index contributed by atoms with van der Waals surface area (Å²) >= 11 is 0. The zero-order valence-electron chi connectivity index (χ0n) is 74.6. The van der Waals surface area contributed by atoms with Gasteiger partial charge >= 0.3 is 0 Å². The molecule has 682 valence electrons. The lowest BCUT2D eigenvalue weighted by Crippen LogP contribution is -2.48. The van der Waals surface area contributed by atoms with Crippen molar-refractivity contribution in [2.75, 3.05) is 225 Å². The Labute approximate surface area is 721 Å². The Balaban J connectivity index is 0.899. The molecule has 0 radical (unpaired) electrons. The van der Waals surface area contributed by atoms with Crippen LogP contribution in [0.25, 0.3) is 0 Å². The molecule has 0 aliphatic carbocycles. The first-order valence-electron chi connectivity index (χ1n) is 43.1. The zero-order chi connectivity index (χ0) is 87.2. The minimum atomic E-state index is -4.51. The minimum Gasteiger partial charge on any atom is -0.756 e. The molecule has 0 fully saturated rings. The molecule has 120 heavy (non-hydrogen) atoms. The van der Waals surface area contributed by atoms with Gasteiger partial charge in [0.2, 0.25) is 0 Å². The summed E-state index contributed by atoms with van der Waals surface area (Å²) in [7, 11) is -12.7. The van der Waals surface area contributed by atoms with Crippen molar-refractivity contribution in [3.8, 4) is 23.7 Å². The fourth-order valence-corrected chi connectivity index (χ4v) is 26.0. The molecule has 4 atom stereocenters. The Morgan fingerprint density at radius 3 is 0.625 bits per heavy atom. The summed E-state index contributed by atoms with van der Waals surface area (Å²) in [4.78, 5) is 24.6. The highest BCUT2D eigenvalue weighted by Crippen LogP contribution is 2.44. The van der Waals surface area contributed by atoms with Crippen molar-refractivity contribution in [2.24, 2.45) is 0 Å². The molecular weight excluding hydrogens is 1620 g/mol. The lowest BCUT2D eigenvalue weighted by molar-refractivity contribution is -0.227. The smallest absolute Gasteiger partial charge is 0.267 e. The molecule has 0 saturated heterocycles. The summed E-state index contributed by atoms with van der Waals surface area (Å²) in [6.45, 7) is 45.0. The van der Waals surface area contributed by atoms with Crippen LogP contribution < -0.4 is 9.79 Å². The van der Waals surface area contributed by atoms with E-state index in [1.807, 2.05) is 97.1 Å².